The predicted molar refractivity (Wildman–Crippen MR) is 80.2 cm³/mol. The summed E-state index contributed by atoms with van der Waals surface area (Å²) < 4.78 is 0. The number of halogens is 2. The first-order valence-corrected chi connectivity index (χ1v) is 7.60. The molecule has 1 aromatic rings. The van der Waals surface area contributed by atoms with Crippen LogP contribution in [-0.2, 0) is 0 Å². The van der Waals surface area contributed by atoms with Gasteiger partial charge in [-0.15, -0.1) is 11.6 Å². The number of carbonyl (C=O) groups is 1. The van der Waals surface area contributed by atoms with Gasteiger partial charge in [-0.25, -0.2) is 0 Å². The van der Waals surface area contributed by atoms with Crippen molar-refractivity contribution in [3.8, 4) is 0 Å². The van der Waals surface area contributed by atoms with Gasteiger partial charge in [0, 0.05) is 16.6 Å². The Bertz CT molecular complexity index is 441. The SMILES string of the molecule is Cc1cc(Cl)cc(C(=O)NC2CCCCCC2Cl)c1. The first-order valence-electron chi connectivity index (χ1n) is 6.78. The van der Waals surface area contributed by atoms with E-state index in [1.54, 1.807) is 6.07 Å². The highest BCUT2D eigenvalue weighted by Crippen LogP contribution is 2.23. The zero-order valence-electron chi connectivity index (χ0n) is 11.1. The van der Waals surface area contributed by atoms with Crippen LogP contribution in [0.15, 0.2) is 18.2 Å². The molecule has 2 rings (SSSR count). The van der Waals surface area contributed by atoms with E-state index in [-0.39, 0.29) is 17.3 Å². The van der Waals surface area contributed by atoms with Crippen molar-refractivity contribution in [3.63, 3.8) is 0 Å². The normalized spacial score (nSPS) is 23.7. The lowest BCUT2D eigenvalue weighted by molar-refractivity contribution is 0.0934. The van der Waals surface area contributed by atoms with Crippen LogP contribution in [0.3, 0.4) is 0 Å². The molecule has 1 N–H and O–H groups in total. The van der Waals surface area contributed by atoms with Crippen LogP contribution in [0.4, 0.5) is 0 Å². The van der Waals surface area contributed by atoms with E-state index in [0.29, 0.717) is 10.6 Å². The number of benzene rings is 1. The minimum Gasteiger partial charge on any atom is -0.348 e. The summed E-state index contributed by atoms with van der Waals surface area (Å²) in [5.41, 5.74) is 1.60. The first kappa shape index (κ1) is 14.7. The van der Waals surface area contributed by atoms with Gasteiger partial charge in [0.05, 0.1) is 5.38 Å². The second-order valence-electron chi connectivity index (χ2n) is 5.25. The van der Waals surface area contributed by atoms with E-state index >= 15 is 0 Å². The molecule has 0 spiro atoms. The number of carbonyl (C=O) groups excluding carboxylic acids is 1. The molecular formula is C15H19Cl2NO. The number of alkyl halides is 1. The topological polar surface area (TPSA) is 29.1 Å². The average molecular weight is 300 g/mol. The highest BCUT2D eigenvalue weighted by molar-refractivity contribution is 6.31. The Labute approximate surface area is 124 Å². The van der Waals surface area contributed by atoms with Crippen LogP contribution in [0.2, 0.25) is 5.02 Å². The monoisotopic (exact) mass is 299 g/mol. The molecule has 1 saturated carbocycles. The number of rotatable bonds is 2. The molecule has 1 aliphatic carbocycles. The summed E-state index contributed by atoms with van der Waals surface area (Å²) in [6.07, 6.45) is 5.41. The molecule has 0 radical (unpaired) electrons. The van der Waals surface area contributed by atoms with Gasteiger partial charge in [-0.05, 0) is 43.5 Å². The fourth-order valence-corrected chi connectivity index (χ4v) is 3.18. The van der Waals surface area contributed by atoms with E-state index in [9.17, 15) is 4.79 Å². The van der Waals surface area contributed by atoms with Crippen LogP contribution in [-0.4, -0.2) is 17.3 Å². The first-order chi connectivity index (χ1) is 9.06. The van der Waals surface area contributed by atoms with Gasteiger partial charge in [-0.3, -0.25) is 4.79 Å². The van der Waals surface area contributed by atoms with Gasteiger partial charge in [0.1, 0.15) is 0 Å². The van der Waals surface area contributed by atoms with Gasteiger partial charge in [0.15, 0.2) is 0 Å². The molecule has 1 amide bonds. The maximum absolute atomic E-state index is 12.2. The van der Waals surface area contributed by atoms with Crippen LogP contribution >= 0.6 is 23.2 Å². The van der Waals surface area contributed by atoms with Crippen molar-refractivity contribution in [2.24, 2.45) is 0 Å². The summed E-state index contributed by atoms with van der Waals surface area (Å²) >= 11 is 12.3. The van der Waals surface area contributed by atoms with Gasteiger partial charge in [-0.2, -0.15) is 0 Å². The molecule has 0 bridgehead atoms. The third kappa shape index (κ3) is 4.12. The molecule has 0 heterocycles. The summed E-state index contributed by atoms with van der Waals surface area (Å²) in [5, 5.41) is 3.67. The summed E-state index contributed by atoms with van der Waals surface area (Å²) in [7, 11) is 0. The number of nitrogens with one attached hydrogen (secondary N) is 1. The van der Waals surface area contributed by atoms with Gasteiger partial charge >= 0.3 is 0 Å². The highest BCUT2D eigenvalue weighted by atomic mass is 35.5. The highest BCUT2D eigenvalue weighted by Gasteiger charge is 2.23. The molecule has 2 atom stereocenters. The van der Waals surface area contributed by atoms with Crippen molar-refractivity contribution in [1.29, 1.82) is 0 Å². The Hall–Kier alpha value is -0.730. The minimum atomic E-state index is -0.0804. The fraction of sp³-hybridized carbons (Fsp3) is 0.533. The number of amides is 1. The van der Waals surface area contributed by atoms with Crippen molar-refractivity contribution in [3.05, 3.63) is 34.3 Å². The fourth-order valence-electron chi connectivity index (χ4n) is 2.54. The Morgan fingerprint density at radius 2 is 1.95 bits per heavy atom. The third-order valence-electron chi connectivity index (χ3n) is 3.55. The van der Waals surface area contributed by atoms with Crippen LogP contribution < -0.4 is 5.32 Å². The van der Waals surface area contributed by atoms with Crippen LogP contribution in [0.1, 0.15) is 48.0 Å². The summed E-state index contributed by atoms with van der Waals surface area (Å²) in [5.74, 6) is -0.0804. The summed E-state index contributed by atoms with van der Waals surface area (Å²) in [6.45, 7) is 1.93. The van der Waals surface area contributed by atoms with Crippen LogP contribution in [0, 0.1) is 6.92 Å². The smallest absolute Gasteiger partial charge is 0.251 e. The molecule has 104 valence electrons. The Kier molecular flexibility index (Phi) is 5.12. The molecule has 1 aromatic carbocycles. The molecule has 2 nitrogen and oxygen atoms in total. The third-order valence-corrected chi connectivity index (χ3v) is 4.29. The largest absolute Gasteiger partial charge is 0.348 e. The van der Waals surface area contributed by atoms with Crippen LogP contribution in [0.5, 0.6) is 0 Å². The Balaban J connectivity index is 2.07. The Morgan fingerprint density at radius 1 is 1.21 bits per heavy atom. The average Bonchev–Trinajstić information content (AvgIpc) is 2.54. The van der Waals surface area contributed by atoms with Crippen molar-refractivity contribution in [2.75, 3.05) is 0 Å². The number of aryl methyl sites for hydroxylation is 1. The van der Waals surface area contributed by atoms with Crippen molar-refractivity contribution < 1.29 is 4.79 Å². The molecule has 1 aliphatic rings. The van der Waals surface area contributed by atoms with E-state index in [1.165, 1.54) is 6.42 Å². The van der Waals surface area contributed by atoms with E-state index in [0.717, 1.165) is 31.2 Å². The van der Waals surface area contributed by atoms with Crippen LogP contribution in [0.25, 0.3) is 0 Å². The maximum Gasteiger partial charge on any atom is 0.251 e. The predicted octanol–water partition coefficient (Wildman–Crippen LogP) is 4.32. The second kappa shape index (κ2) is 6.62. The van der Waals surface area contributed by atoms with Gasteiger partial charge < -0.3 is 5.32 Å². The van der Waals surface area contributed by atoms with Gasteiger partial charge in [0.2, 0.25) is 0 Å². The molecule has 19 heavy (non-hydrogen) atoms. The zero-order chi connectivity index (χ0) is 13.8. The summed E-state index contributed by atoms with van der Waals surface area (Å²) in [6, 6.07) is 5.45. The van der Waals surface area contributed by atoms with E-state index in [2.05, 4.69) is 5.32 Å². The number of hydrogen-bond donors (Lipinski definition) is 1. The molecule has 0 aromatic heterocycles. The second-order valence-corrected chi connectivity index (χ2v) is 6.25. The maximum atomic E-state index is 12.2. The number of hydrogen-bond acceptors (Lipinski definition) is 1. The van der Waals surface area contributed by atoms with Gasteiger partial charge in [-0.1, -0.05) is 30.9 Å². The lowest BCUT2D eigenvalue weighted by Gasteiger charge is -2.21. The molecule has 2 unspecified atom stereocenters. The Morgan fingerprint density at radius 3 is 2.68 bits per heavy atom. The van der Waals surface area contributed by atoms with Gasteiger partial charge in [0.25, 0.3) is 5.91 Å². The van der Waals surface area contributed by atoms with E-state index < -0.39 is 0 Å². The zero-order valence-corrected chi connectivity index (χ0v) is 12.6. The van der Waals surface area contributed by atoms with Crippen molar-refractivity contribution in [1.82, 2.24) is 5.32 Å². The molecular weight excluding hydrogens is 281 g/mol. The van der Waals surface area contributed by atoms with Crippen molar-refractivity contribution in [2.45, 2.75) is 50.4 Å². The lowest BCUT2D eigenvalue weighted by atomic mass is 10.1. The molecule has 0 aliphatic heterocycles. The summed E-state index contributed by atoms with van der Waals surface area (Å²) in [4.78, 5) is 12.2. The molecule has 1 fully saturated rings. The van der Waals surface area contributed by atoms with E-state index in [4.69, 9.17) is 23.2 Å². The van der Waals surface area contributed by atoms with E-state index in [1.807, 2.05) is 19.1 Å². The lowest BCUT2D eigenvalue weighted by Crippen LogP contribution is -2.40. The molecule has 4 heteroatoms. The molecule has 0 saturated heterocycles. The van der Waals surface area contributed by atoms with Crippen molar-refractivity contribution >= 4 is 29.1 Å². The quantitative estimate of drug-likeness (QED) is 0.639. The standard InChI is InChI=1S/C15H19Cl2NO/c1-10-7-11(9-12(16)8-10)15(19)18-14-6-4-2-3-5-13(14)17/h7-9,13-14H,2-6H2,1H3,(H,18,19). The minimum absolute atomic E-state index is 0.0340.